The van der Waals surface area contributed by atoms with Crippen LogP contribution in [0.2, 0.25) is 0 Å². The molecule has 0 aliphatic rings. The normalized spacial score (nSPS) is 13.2. The van der Waals surface area contributed by atoms with Crippen molar-refractivity contribution in [2.24, 2.45) is 0 Å². The molecular weight excluding hydrogens is 246 g/mol. The van der Waals surface area contributed by atoms with Crippen LogP contribution in [0.3, 0.4) is 0 Å². The third-order valence-corrected chi connectivity index (χ3v) is 3.86. The lowest BCUT2D eigenvalue weighted by Gasteiger charge is -2.24. The first-order valence-corrected chi connectivity index (χ1v) is 7.42. The minimum atomic E-state index is -0.229. The number of aliphatic hydroxyl groups excluding tert-OH is 1. The van der Waals surface area contributed by atoms with Gasteiger partial charge < -0.3 is 9.84 Å². The molecule has 0 radical (unpaired) electrons. The number of hydrogen-bond acceptors (Lipinski definition) is 4. The molecule has 0 aliphatic heterocycles. The molecule has 1 heterocycles. The van der Waals surface area contributed by atoms with E-state index in [-0.39, 0.29) is 6.10 Å². The fraction of sp³-hybridized carbons (Fsp3) is 0.714. The highest BCUT2D eigenvalue weighted by Gasteiger charge is 2.12. The molecule has 1 rings (SSSR count). The van der Waals surface area contributed by atoms with Crippen molar-refractivity contribution in [1.82, 2.24) is 4.90 Å². The second-order valence-electron chi connectivity index (χ2n) is 4.68. The summed E-state index contributed by atoms with van der Waals surface area (Å²) in [5.74, 6) is 0. The predicted molar refractivity (Wildman–Crippen MR) is 77.1 cm³/mol. The second kappa shape index (κ2) is 8.64. The van der Waals surface area contributed by atoms with Crippen LogP contribution in [0.4, 0.5) is 0 Å². The molecule has 0 saturated carbocycles. The molecule has 0 fully saturated rings. The number of nitrogens with zero attached hydrogens (tertiary/aromatic N) is 1. The van der Waals surface area contributed by atoms with E-state index < -0.39 is 0 Å². The Kier molecular flexibility index (Phi) is 7.51. The van der Waals surface area contributed by atoms with Crippen LogP contribution in [-0.4, -0.2) is 42.9 Å². The Morgan fingerprint density at radius 1 is 1.44 bits per heavy atom. The van der Waals surface area contributed by atoms with E-state index in [9.17, 15) is 5.11 Å². The first-order chi connectivity index (χ1) is 8.65. The molecule has 0 saturated heterocycles. The van der Waals surface area contributed by atoms with Crippen molar-refractivity contribution in [2.45, 2.75) is 39.3 Å². The molecule has 3 nitrogen and oxygen atoms in total. The maximum atomic E-state index is 9.92. The summed E-state index contributed by atoms with van der Waals surface area (Å²) in [5, 5.41) is 9.92. The van der Waals surface area contributed by atoms with Gasteiger partial charge in [-0.1, -0.05) is 13.3 Å². The number of ether oxygens (including phenoxy) is 1. The summed E-state index contributed by atoms with van der Waals surface area (Å²) in [6.45, 7) is 7.44. The van der Waals surface area contributed by atoms with Gasteiger partial charge in [0.05, 0.1) is 12.7 Å². The lowest BCUT2D eigenvalue weighted by atomic mass is 10.2. The molecule has 1 unspecified atom stereocenters. The summed E-state index contributed by atoms with van der Waals surface area (Å²) in [4.78, 5) is 4.97. The van der Waals surface area contributed by atoms with Crippen LogP contribution in [0.25, 0.3) is 0 Å². The average molecular weight is 271 g/mol. The first kappa shape index (κ1) is 15.6. The predicted octanol–water partition coefficient (Wildman–Crippen LogP) is 2.67. The Labute approximate surface area is 114 Å². The highest BCUT2D eigenvalue weighted by atomic mass is 32.1. The molecular formula is C14H25NO2S. The van der Waals surface area contributed by atoms with Gasteiger partial charge in [0, 0.05) is 36.5 Å². The van der Waals surface area contributed by atoms with Gasteiger partial charge in [-0.05, 0) is 25.5 Å². The molecule has 0 spiro atoms. The number of thiophene rings is 1. The second-order valence-corrected chi connectivity index (χ2v) is 6.06. The summed E-state index contributed by atoms with van der Waals surface area (Å²) >= 11 is 1.83. The molecule has 1 atom stereocenters. The first-order valence-electron chi connectivity index (χ1n) is 6.60. The van der Waals surface area contributed by atoms with Crippen molar-refractivity contribution in [3.8, 4) is 0 Å². The molecule has 1 aromatic heterocycles. The van der Waals surface area contributed by atoms with Crippen LogP contribution in [0.15, 0.2) is 12.1 Å². The van der Waals surface area contributed by atoms with Gasteiger partial charge in [0.2, 0.25) is 0 Å². The zero-order valence-electron chi connectivity index (χ0n) is 11.7. The SMILES string of the molecule is CCCC(O)CN(CCOC)Cc1ccc(C)s1. The van der Waals surface area contributed by atoms with Crippen LogP contribution in [0, 0.1) is 6.92 Å². The standard InChI is InChI=1S/C14H25NO2S/c1-4-5-13(16)10-15(8-9-17-3)11-14-7-6-12(2)18-14/h6-7,13,16H,4-5,8-11H2,1-3H3. The van der Waals surface area contributed by atoms with E-state index in [4.69, 9.17) is 4.74 Å². The maximum absolute atomic E-state index is 9.92. The number of rotatable bonds is 9. The zero-order valence-corrected chi connectivity index (χ0v) is 12.5. The third-order valence-electron chi connectivity index (χ3n) is 2.88. The third kappa shape index (κ3) is 5.96. The van der Waals surface area contributed by atoms with Gasteiger partial charge in [-0.2, -0.15) is 0 Å². The Morgan fingerprint density at radius 2 is 2.22 bits per heavy atom. The summed E-state index contributed by atoms with van der Waals surface area (Å²) in [7, 11) is 1.72. The van der Waals surface area contributed by atoms with Crippen LogP contribution in [0.5, 0.6) is 0 Å². The van der Waals surface area contributed by atoms with Crippen LogP contribution >= 0.6 is 11.3 Å². The highest BCUT2D eigenvalue weighted by Crippen LogP contribution is 2.17. The van der Waals surface area contributed by atoms with E-state index >= 15 is 0 Å². The largest absolute Gasteiger partial charge is 0.392 e. The minimum absolute atomic E-state index is 0.229. The molecule has 18 heavy (non-hydrogen) atoms. The topological polar surface area (TPSA) is 32.7 Å². The molecule has 0 bridgehead atoms. The lowest BCUT2D eigenvalue weighted by molar-refractivity contribution is 0.0805. The Hall–Kier alpha value is -0.420. The number of aliphatic hydroxyl groups is 1. The Balaban J connectivity index is 2.48. The zero-order chi connectivity index (χ0) is 13.4. The van der Waals surface area contributed by atoms with Gasteiger partial charge in [0.1, 0.15) is 0 Å². The Morgan fingerprint density at radius 3 is 2.78 bits per heavy atom. The van der Waals surface area contributed by atoms with Crippen molar-refractivity contribution in [1.29, 1.82) is 0 Å². The van der Waals surface area contributed by atoms with Crippen molar-refractivity contribution < 1.29 is 9.84 Å². The van der Waals surface area contributed by atoms with Gasteiger partial charge in [-0.15, -0.1) is 11.3 Å². The van der Waals surface area contributed by atoms with Crippen LogP contribution in [0.1, 0.15) is 29.5 Å². The van der Waals surface area contributed by atoms with Gasteiger partial charge in [0.15, 0.2) is 0 Å². The van der Waals surface area contributed by atoms with Gasteiger partial charge >= 0.3 is 0 Å². The van der Waals surface area contributed by atoms with Crippen molar-refractivity contribution >= 4 is 11.3 Å². The average Bonchev–Trinajstić information content (AvgIpc) is 2.72. The highest BCUT2D eigenvalue weighted by molar-refractivity contribution is 7.11. The van der Waals surface area contributed by atoms with E-state index in [0.717, 1.165) is 32.5 Å². The smallest absolute Gasteiger partial charge is 0.0667 e. The summed E-state index contributed by atoms with van der Waals surface area (Å²) in [5.41, 5.74) is 0. The van der Waals surface area contributed by atoms with Crippen molar-refractivity contribution in [3.05, 3.63) is 21.9 Å². The number of methoxy groups -OCH3 is 1. The minimum Gasteiger partial charge on any atom is -0.392 e. The lowest BCUT2D eigenvalue weighted by Crippen LogP contribution is -2.34. The van der Waals surface area contributed by atoms with Crippen LogP contribution < -0.4 is 0 Å². The molecule has 4 heteroatoms. The molecule has 0 aromatic carbocycles. The van der Waals surface area contributed by atoms with E-state index in [1.165, 1.54) is 9.75 Å². The quantitative estimate of drug-likeness (QED) is 0.749. The molecule has 0 amide bonds. The fourth-order valence-electron chi connectivity index (χ4n) is 1.97. The van der Waals surface area contributed by atoms with Gasteiger partial charge in [0.25, 0.3) is 0 Å². The van der Waals surface area contributed by atoms with E-state index in [0.29, 0.717) is 6.61 Å². The molecule has 1 N–H and O–H groups in total. The molecule has 104 valence electrons. The number of aryl methyl sites for hydroxylation is 1. The van der Waals surface area contributed by atoms with E-state index in [1.54, 1.807) is 7.11 Å². The summed E-state index contributed by atoms with van der Waals surface area (Å²) in [6, 6.07) is 4.32. The van der Waals surface area contributed by atoms with E-state index in [1.807, 2.05) is 11.3 Å². The van der Waals surface area contributed by atoms with Gasteiger partial charge in [-0.25, -0.2) is 0 Å². The van der Waals surface area contributed by atoms with Crippen LogP contribution in [-0.2, 0) is 11.3 Å². The molecule has 0 aliphatic carbocycles. The fourth-order valence-corrected chi connectivity index (χ4v) is 2.90. The summed E-state index contributed by atoms with van der Waals surface area (Å²) < 4.78 is 5.14. The van der Waals surface area contributed by atoms with Gasteiger partial charge in [-0.3, -0.25) is 4.90 Å². The van der Waals surface area contributed by atoms with Crippen molar-refractivity contribution in [3.63, 3.8) is 0 Å². The van der Waals surface area contributed by atoms with E-state index in [2.05, 4.69) is 30.9 Å². The summed E-state index contributed by atoms with van der Waals surface area (Å²) in [6.07, 6.45) is 1.66. The number of hydrogen-bond donors (Lipinski definition) is 1. The molecule has 1 aromatic rings. The maximum Gasteiger partial charge on any atom is 0.0667 e. The van der Waals surface area contributed by atoms with Crippen molar-refractivity contribution in [2.75, 3.05) is 26.8 Å². The Bertz CT molecular complexity index is 327. The monoisotopic (exact) mass is 271 g/mol.